The fraction of sp³-hybridized carbons (Fsp3) is 0.111. The zero-order valence-corrected chi connectivity index (χ0v) is 17.1. The average molecular weight is 377 g/mol. The second kappa shape index (κ2) is 6.82. The van der Waals surface area contributed by atoms with Gasteiger partial charge >= 0.3 is 0 Å². The summed E-state index contributed by atoms with van der Waals surface area (Å²) in [4.78, 5) is 0. The summed E-state index contributed by atoms with van der Waals surface area (Å²) in [5.41, 5.74) is 11.3. The van der Waals surface area contributed by atoms with Crippen molar-refractivity contribution in [3.8, 4) is 22.5 Å². The number of aromatic nitrogens is 2. The normalized spacial score (nSPS) is 13.4. The Kier molecular flexibility index (Phi) is 4.13. The van der Waals surface area contributed by atoms with Crippen molar-refractivity contribution < 1.29 is 9.13 Å². The van der Waals surface area contributed by atoms with Crippen LogP contribution in [0.25, 0.3) is 34.4 Å². The van der Waals surface area contributed by atoms with Crippen LogP contribution in [-0.2, 0) is 0 Å². The number of aryl methyl sites for hydroxylation is 3. The summed E-state index contributed by atoms with van der Waals surface area (Å²) >= 11 is 0. The Hall–Kier alpha value is -3.52. The highest BCUT2D eigenvalue weighted by atomic mass is 15.0. The van der Waals surface area contributed by atoms with Crippen molar-refractivity contribution >= 4 is 11.9 Å². The Bertz CT molecular complexity index is 1280. The third-order valence-corrected chi connectivity index (χ3v) is 5.66. The Balaban J connectivity index is 1.74. The van der Waals surface area contributed by atoms with E-state index in [4.69, 9.17) is 0 Å². The maximum Gasteiger partial charge on any atom is 0.283 e. The predicted octanol–water partition coefficient (Wildman–Crippen LogP) is 5.34. The first-order valence-electron chi connectivity index (χ1n) is 10.0. The van der Waals surface area contributed by atoms with Crippen molar-refractivity contribution in [2.45, 2.75) is 20.8 Å². The van der Waals surface area contributed by atoms with Gasteiger partial charge in [-0.2, -0.15) is 9.13 Å². The van der Waals surface area contributed by atoms with Crippen LogP contribution in [0.3, 0.4) is 0 Å². The molecule has 140 valence electrons. The largest absolute Gasteiger partial charge is 0.283 e. The van der Waals surface area contributed by atoms with Gasteiger partial charge in [-0.05, 0) is 56.7 Å². The number of hydrogen-bond donors (Lipinski definition) is 0. The Morgan fingerprint density at radius 1 is 0.621 bits per heavy atom. The summed E-state index contributed by atoms with van der Waals surface area (Å²) < 4.78 is 4.53. The smallest absolute Gasteiger partial charge is 0.160 e. The van der Waals surface area contributed by atoms with Crippen molar-refractivity contribution in [3.63, 3.8) is 0 Å². The topological polar surface area (TPSA) is 7.76 Å². The minimum absolute atomic E-state index is 1.19. The van der Waals surface area contributed by atoms with E-state index in [-0.39, 0.29) is 0 Å². The number of nitrogens with zero attached hydrogens (tertiary/aromatic N) is 2. The highest BCUT2D eigenvalue weighted by Gasteiger charge is 2.34. The summed E-state index contributed by atoms with van der Waals surface area (Å²) in [6, 6.07) is 26.2. The molecule has 0 radical (unpaired) electrons. The lowest BCUT2D eigenvalue weighted by Crippen LogP contribution is -2.36. The number of fused-ring (bicyclic) bond motifs is 3. The van der Waals surface area contributed by atoms with Gasteiger partial charge in [-0.1, -0.05) is 29.3 Å². The first-order chi connectivity index (χ1) is 14.1. The lowest BCUT2D eigenvalue weighted by atomic mass is 10.0. The number of benzene rings is 2. The predicted molar refractivity (Wildman–Crippen MR) is 118 cm³/mol. The van der Waals surface area contributed by atoms with Gasteiger partial charge in [0.2, 0.25) is 17.6 Å². The van der Waals surface area contributed by atoms with Gasteiger partial charge < -0.3 is 0 Å². The molecule has 1 aliphatic heterocycles. The van der Waals surface area contributed by atoms with Gasteiger partial charge in [0, 0.05) is 29.8 Å². The molecule has 0 bridgehead atoms. The fourth-order valence-electron chi connectivity index (χ4n) is 4.26. The Morgan fingerprint density at radius 2 is 1.31 bits per heavy atom. The van der Waals surface area contributed by atoms with Crippen LogP contribution in [0.1, 0.15) is 22.3 Å². The Morgan fingerprint density at radius 3 is 2.10 bits per heavy atom. The van der Waals surface area contributed by atoms with Crippen LogP contribution in [0.2, 0.25) is 0 Å². The molecule has 0 fully saturated rings. The van der Waals surface area contributed by atoms with Gasteiger partial charge in [0.15, 0.2) is 12.4 Å². The standard InChI is InChI=1S/C27H24N2/c1-19-10-12-22(21(3)16-19)25-8-4-6-14-28(25)18-27-24-17-20(2)11-13-23(24)26-9-5-7-15-29(26)27/h4-18H,1-3H3/q+2/b27-18-. The monoisotopic (exact) mass is 376 g/mol. The molecule has 0 atom stereocenters. The molecule has 0 saturated heterocycles. The lowest BCUT2D eigenvalue weighted by Gasteiger charge is -2.05. The molecule has 2 nitrogen and oxygen atoms in total. The van der Waals surface area contributed by atoms with E-state index in [0.29, 0.717) is 0 Å². The summed E-state index contributed by atoms with van der Waals surface area (Å²) in [5.74, 6) is 0. The van der Waals surface area contributed by atoms with E-state index in [1.54, 1.807) is 0 Å². The molecule has 0 saturated carbocycles. The van der Waals surface area contributed by atoms with Gasteiger partial charge in [-0.25, -0.2) is 0 Å². The first-order valence-corrected chi connectivity index (χ1v) is 10.0. The van der Waals surface area contributed by atoms with Crippen LogP contribution < -0.4 is 9.13 Å². The minimum atomic E-state index is 1.19. The highest BCUT2D eigenvalue weighted by molar-refractivity contribution is 5.84. The highest BCUT2D eigenvalue weighted by Crippen LogP contribution is 2.33. The third-order valence-electron chi connectivity index (χ3n) is 5.66. The molecular formula is C27H24N2+2. The third kappa shape index (κ3) is 2.98. The molecule has 0 spiro atoms. The fourth-order valence-corrected chi connectivity index (χ4v) is 4.26. The maximum atomic E-state index is 2.29. The zero-order valence-electron chi connectivity index (χ0n) is 17.1. The second-order valence-corrected chi connectivity index (χ2v) is 7.83. The average Bonchev–Trinajstić information content (AvgIpc) is 3.02. The van der Waals surface area contributed by atoms with E-state index in [1.807, 2.05) is 0 Å². The van der Waals surface area contributed by atoms with Gasteiger partial charge in [0.1, 0.15) is 0 Å². The van der Waals surface area contributed by atoms with Crippen molar-refractivity contribution in [3.05, 3.63) is 107 Å². The van der Waals surface area contributed by atoms with Crippen LogP contribution in [0.15, 0.2) is 85.2 Å². The first kappa shape index (κ1) is 17.6. The molecular weight excluding hydrogens is 352 g/mol. The van der Waals surface area contributed by atoms with Crippen LogP contribution in [0, 0.1) is 20.8 Å². The SMILES string of the molecule is Cc1ccc(-c2cccc[n+]2/C=C2/c3cc(C)ccc3-c3cccc[n+]32)c(C)c1. The molecule has 2 aromatic heterocycles. The molecule has 0 amide bonds. The van der Waals surface area contributed by atoms with E-state index in [1.165, 1.54) is 50.5 Å². The van der Waals surface area contributed by atoms with E-state index < -0.39 is 0 Å². The molecule has 29 heavy (non-hydrogen) atoms. The van der Waals surface area contributed by atoms with E-state index in [2.05, 4.69) is 121 Å². The van der Waals surface area contributed by atoms with Crippen LogP contribution in [0.5, 0.6) is 0 Å². The minimum Gasteiger partial charge on any atom is -0.160 e. The molecule has 5 rings (SSSR count). The summed E-state index contributed by atoms with van der Waals surface area (Å²) in [7, 11) is 0. The van der Waals surface area contributed by atoms with Crippen LogP contribution in [-0.4, -0.2) is 0 Å². The molecule has 0 N–H and O–H groups in total. The van der Waals surface area contributed by atoms with E-state index in [9.17, 15) is 0 Å². The van der Waals surface area contributed by atoms with Crippen molar-refractivity contribution in [2.75, 3.05) is 0 Å². The molecule has 3 heterocycles. The molecule has 1 aliphatic rings. The molecule has 0 aliphatic carbocycles. The number of rotatable bonds is 2. The summed E-state index contributed by atoms with van der Waals surface area (Å²) in [6.45, 7) is 6.48. The summed E-state index contributed by atoms with van der Waals surface area (Å²) in [5, 5.41) is 0. The maximum absolute atomic E-state index is 2.29. The quantitative estimate of drug-likeness (QED) is 0.368. The lowest BCUT2D eigenvalue weighted by molar-refractivity contribution is -0.586. The Labute approximate surface area is 172 Å². The van der Waals surface area contributed by atoms with Gasteiger partial charge in [-0.3, -0.25) is 0 Å². The van der Waals surface area contributed by atoms with Crippen molar-refractivity contribution in [2.24, 2.45) is 0 Å². The summed E-state index contributed by atoms with van der Waals surface area (Å²) in [6.07, 6.45) is 6.54. The van der Waals surface area contributed by atoms with Gasteiger partial charge in [0.25, 0.3) is 5.70 Å². The van der Waals surface area contributed by atoms with Crippen molar-refractivity contribution in [1.29, 1.82) is 0 Å². The molecule has 4 aromatic rings. The van der Waals surface area contributed by atoms with Gasteiger partial charge in [-0.15, -0.1) is 0 Å². The van der Waals surface area contributed by atoms with E-state index in [0.717, 1.165) is 0 Å². The molecule has 2 aromatic carbocycles. The zero-order chi connectivity index (χ0) is 20.0. The number of pyridine rings is 2. The van der Waals surface area contributed by atoms with Crippen LogP contribution >= 0.6 is 0 Å². The van der Waals surface area contributed by atoms with E-state index >= 15 is 0 Å². The van der Waals surface area contributed by atoms with Crippen LogP contribution in [0.4, 0.5) is 0 Å². The number of hydrogen-bond acceptors (Lipinski definition) is 0. The van der Waals surface area contributed by atoms with Crippen molar-refractivity contribution in [1.82, 2.24) is 0 Å². The molecule has 2 heteroatoms. The van der Waals surface area contributed by atoms with Gasteiger partial charge in [0.05, 0.1) is 11.1 Å². The second-order valence-electron chi connectivity index (χ2n) is 7.83. The molecule has 0 unspecified atom stereocenters.